The molecular formula is C12H13N3O3. The minimum atomic E-state index is -0.376. The average Bonchev–Trinajstić information content (AvgIpc) is 2.55. The highest BCUT2D eigenvalue weighted by Gasteiger charge is 2.10. The van der Waals surface area contributed by atoms with Gasteiger partial charge in [0.05, 0.1) is 11.0 Å². The van der Waals surface area contributed by atoms with Crippen LogP contribution >= 0.6 is 0 Å². The van der Waals surface area contributed by atoms with Crippen LogP contribution < -0.4 is 10.1 Å². The van der Waals surface area contributed by atoms with E-state index in [1.807, 2.05) is 0 Å². The highest BCUT2D eigenvalue weighted by molar-refractivity contribution is 5.90. The molecule has 6 heteroatoms. The summed E-state index contributed by atoms with van der Waals surface area (Å²) in [5.41, 5.74) is 1.50. The monoisotopic (exact) mass is 247 g/mol. The van der Waals surface area contributed by atoms with Gasteiger partial charge in [0.25, 0.3) is 0 Å². The number of amides is 1. The molecule has 0 unspecified atom stereocenters. The van der Waals surface area contributed by atoms with Gasteiger partial charge in [0, 0.05) is 27.0 Å². The predicted octanol–water partition coefficient (Wildman–Crippen LogP) is 1.46. The van der Waals surface area contributed by atoms with Crippen molar-refractivity contribution in [1.29, 1.82) is 0 Å². The van der Waals surface area contributed by atoms with Gasteiger partial charge in [-0.2, -0.15) is 0 Å². The van der Waals surface area contributed by atoms with Gasteiger partial charge in [0.2, 0.25) is 11.9 Å². The summed E-state index contributed by atoms with van der Waals surface area (Å²) in [6, 6.07) is 5.10. The van der Waals surface area contributed by atoms with E-state index in [1.54, 1.807) is 29.8 Å². The fraction of sp³-hybridized carbons (Fsp3) is 0.250. The molecule has 1 N–H and O–H groups in total. The normalized spacial score (nSPS) is 10.4. The number of rotatable bonds is 2. The fourth-order valence-corrected chi connectivity index (χ4v) is 1.67. The Labute approximate surface area is 104 Å². The number of benzene rings is 1. The summed E-state index contributed by atoms with van der Waals surface area (Å²) in [5, 5.41) is 2.63. The first kappa shape index (κ1) is 12.1. The van der Waals surface area contributed by atoms with E-state index in [1.165, 1.54) is 13.8 Å². The largest absolute Gasteiger partial charge is 0.427 e. The van der Waals surface area contributed by atoms with Gasteiger partial charge in [0.15, 0.2) is 0 Å². The number of carbonyl (C=O) groups excluding carboxylic acids is 2. The van der Waals surface area contributed by atoms with Crippen molar-refractivity contribution >= 4 is 28.9 Å². The molecule has 1 aromatic heterocycles. The molecule has 94 valence electrons. The maximum absolute atomic E-state index is 11.0. The standard InChI is InChI=1S/C12H13N3O3/c1-7(16)13-12-14-10-5-4-9(18-8(2)17)6-11(10)15(12)3/h4-6H,1-3H3,(H,13,14,16). The van der Waals surface area contributed by atoms with Gasteiger partial charge in [-0.15, -0.1) is 0 Å². The molecule has 0 bridgehead atoms. The first-order valence-electron chi connectivity index (χ1n) is 5.40. The van der Waals surface area contributed by atoms with Crippen LogP contribution in [0.25, 0.3) is 11.0 Å². The van der Waals surface area contributed by atoms with Crippen LogP contribution in [-0.2, 0) is 16.6 Å². The van der Waals surface area contributed by atoms with E-state index in [0.29, 0.717) is 11.7 Å². The number of hydrogen-bond donors (Lipinski definition) is 1. The fourth-order valence-electron chi connectivity index (χ4n) is 1.67. The highest BCUT2D eigenvalue weighted by atomic mass is 16.5. The number of aromatic nitrogens is 2. The Hall–Kier alpha value is -2.37. The van der Waals surface area contributed by atoms with Crippen LogP contribution in [0.3, 0.4) is 0 Å². The third-order valence-electron chi connectivity index (χ3n) is 2.40. The highest BCUT2D eigenvalue weighted by Crippen LogP contribution is 2.23. The van der Waals surface area contributed by atoms with Gasteiger partial charge in [-0.1, -0.05) is 0 Å². The third kappa shape index (κ3) is 2.32. The SMILES string of the molecule is CC(=O)Nc1nc2ccc(OC(C)=O)cc2n1C. The molecule has 0 spiro atoms. The summed E-state index contributed by atoms with van der Waals surface area (Å²) >= 11 is 0. The van der Waals surface area contributed by atoms with Crippen LogP contribution in [0.5, 0.6) is 5.75 Å². The van der Waals surface area contributed by atoms with Gasteiger partial charge in [-0.05, 0) is 12.1 Å². The van der Waals surface area contributed by atoms with E-state index in [9.17, 15) is 9.59 Å². The first-order chi connectivity index (χ1) is 8.47. The summed E-state index contributed by atoms with van der Waals surface area (Å²) in [5.74, 6) is 0.345. The van der Waals surface area contributed by atoms with Gasteiger partial charge < -0.3 is 9.30 Å². The molecule has 2 aromatic rings. The van der Waals surface area contributed by atoms with E-state index in [2.05, 4.69) is 10.3 Å². The third-order valence-corrected chi connectivity index (χ3v) is 2.40. The molecule has 0 aliphatic heterocycles. The minimum Gasteiger partial charge on any atom is -0.427 e. The van der Waals surface area contributed by atoms with E-state index >= 15 is 0 Å². The number of anilines is 1. The zero-order chi connectivity index (χ0) is 13.3. The molecule has 0 aliphatic rings. The summed E-state index contributed by atoms with van der Waals surface area (Å²) in [4.78, 5) is 26.2. The van der Waals surface area contributed by atoms with Gasteiger partial charge >= 0.3 is 5.97 Å². The van der Waals surface area contributed by atoms with Gasteiger partial charge in [-0.25, -0.2) is 4.98 Å². The van der Waals surface area contributed by atoms with Crippen LogP contribution in [0.4, 0.5) is 5.95 Å². The molecular weight excluding hydrogens is 234 g/mol. The van der Waals surface area contributed by atoms with Crippen molar-refractivity contribution in [1.82, 2.24) is 9.55 Å². The maximum Gasteiger partial charge on any atom is 0.308 e. The van der Waals surface area contributed by atoms with Gasteiger partial charge in [-0.3, -0.25) is 14.9 Å². The second kappa shape index (κ2) is 4.48. The Morgan fingerprint density at radius 3 is 2.67 bits per heavy atom. The number of aryl methyl sites for hydroxylation is 1. The summed E-state index contributed by atoms with van der Waals surface area (Å²) < 4.78 is 6.73. The van der Waals surface area contributed by atoms with Crippen LogP contribution in [0, 0.1) is 0 Å². The second-order valence-electron chi connectivity index (χ2n) is 3.92. The molecule has 1 aromatic carbocycles. The topological polar surface area (TPSA) is 73.2 Å². The van der Waals surface area contributed by atoms with Crippen molar-refractivity contribution in [3.8, 4) is 5.75 Å². The number of fused-ring (bicyclic) bond motifs is 1. The van der Waals surface area contributed by atoms with Crippen molar-refractivity contribution in [3.63, 3.8) is 0 Å². The Morgan fingerprint density at radius 2 is 2.06 bits per heavy atom. The zero-order valence-corrected chi connectivity index (χ0v) is 10.4. The van der Waals surface area contributed by atoms with E-state index in [0.717, 1.165) is 11.0 Å². The van der Waals surface area contributed by atoms with Crippen molar-refractivity contribution in [3.05, 3.63) is 18.2 Å². The molecule has 0 atom stereocenters. The first-order valence-corrected chi connectivity index (χ1v) is 5.40. The van der Waals surface area contributed by atoms with Crippen LogP contribution in [0.15, 0.2) is 18.2 Å². The Kier molecular flexibility index (Phi) is 3.01. The molecule has 0 radical (unpaired) electrons. The number of nitrogens with one attached hydrogen (secondary N) is 1. The maximum atomic E-state index is 11.0. The van der Waals surface area contributed by atoms with Gasteiger partial charge in [0.1, 0.15) is 5.75 Å². The van der Waals surface area contributed by atoms with E-state index in [-0.39, 0.29) is 11.9 Å². The van der Waals surface area contributed by atoms with Crippen molar-refractivity contribution in [2.45, 2.75) is 13.8 Å². The predicted molar refractivity (Wildman–Crippen MR) is 66.3 cm³/mol. The van der Waals surface area contributed by atoms with Crippen molar-refractivity contribution < 1.29 is 14.3 Å². The molecule has 6 nitrogen and oxygen atoms in total. The lowest BCUT2D eigenvalue weighted by Gasteiger charge is -2.03. The molecule has 0 fully saturated rings. The van der Waals surface area contributed by atoms with Crippen LogP contribution in [0.1, 0.15) is 13.8 Å². The second-order valence-corrected chi connectivity index (χ2v) is 3.92. The lowest BCUT2D eigenvalue weighted by Crippen LogP contribution is -2.10. The molecule has 18 heavy (non-hydrogen) atoms. The quantitative estimate of drug-likeness (QED) is 0.644. The van der Waals surface area contributed by atoms with E-state index < -0.39 is 0 Å². The summed E-state index contributed by atoms with van der Waals surface area (Å²) in [6.07, 6.45) is 0. The molecule has 1 heterocycles. The smallest absolute Gasteiger partial charge is 0.308 e. The molecule has 0 saturated heterocycles. The zero-order valence-electron chi connectivity index (χ0n) is 10.4. The molecule has 0 saturated carbocycles. The average molecular weight is 247 g/mol. The summed E-state index contributed by atoms with van der Waals surface area (Å²) in [6.45, 7) is 2.76. The molecule has 1 amide bonds. The lowest BCUT2D eigenvalue weighted by atomic mass is 10.3. The van der Waals surface area contributed by atoms with Crippen LogP contribution in [0.2, 0.25) is 0 Å². The van der Waals surface area contributed by atoms with Crippen LogP contribution in [-0.4, -0.2) is 21.4 Å². The number of imidazole rings is 1. The Balaban J connectivity index is 2.46. The van der Waals surface area contributed by atoms with Crippen molar-refractivity contribution in [2.24, 2.45) is 7.05 Å². The molecule has 2 rings (SSSR count). The summed E-state index contributed by atoms with van der Waals surface area (Å²) in [7, 11) is 1.78. The number of ether oxygens (including phenoxy) is 1. The van der Waals surface area contributed by atoms with Crippen molar-refractivity contribution in [2.75, 3.05) is 5.32 Å². The minimum absolute atomic E-state index is 0.186. The number of carbonyl (C=O) groups is 2. The lowest BCUT2D eigenvalue weighted by molar-refractivity contribution is -0.131. The van der Waals surface area contributed by atoms with E-state index in [4.69, 9.17) is 4.74 Å². The number of esters is 1. The Morgan fingerprint density at radius 1 is 1.33 bits per heavy atom. The number of nitrogens with zero attached hydrogens (tertiary/aromatic N) is 2. The molecule has 0 aliphatic carbocycles. The number of hydrogen-bond acceptors (Lipinski definition) is 4. The Bertz CT molecular complexity index is 631.